The molecule has 11 heteroatoms. The molecule has 42 heavy (non-hydrogen) atoms. The maximum Gasteiger partial charge on any atom is 0.347 e. The monoisotopic (exact) mass is 571 g/mol. The van der Waals surface area contributed by atoms with Gasteiger partial charge in [0.2, 0.25) is 0 Å². The largest absolute Gasteiger partial charge is 0.456 e. The van der Waals surface area contributed by atoms with Crippen LogP contribution in [0, 0.1) is 0 Å². The lowest BCUT2D eigenvalue weighted by atomic mass is 9.80. The number of esters is 2. The molecular formula is C31H29N3O8. The third-order valence-corrected chi connectivity index (χ3v) is 6.87. The van der Waals surface area contributed by atoms with Gasteiger partial charge >= 0.3 is 17.6 Å². The molecule has 1 aromatic heterocycles. The first kappa shape index (κ1) is 28.7. The Labute approximate surface area is 240 Å². The number of aromatic amines is 1. The van der Waals surface area contributed by atoms with Crippen molar-refractivity contribution >= 4 is 11.9 Å². The number of hydrogen-bond acceptors (Lipinski definition) is 9. The number of H-pyrrole nitrogens is 1. The maximum atomic E-state index is 12.7. The highest BCUT2D eigenvalue weighted by atomic mass is 16.7. The van der Waals surface area contributed by atoms with Gasteiger partial charge in [-0.15, -0.1) is 0 Å². The van der Waals surface area contributed by atoms with E-state index in [0.717, 1.165) is 27.6 Å². The van der Waals surface area contributed by atoms with Crippen molar-refractivity contribution in [1.29, 1.82) is 0 Å². The van der Waals surface area contributed by atoms with Gasteiger partial charge in [0.1, 0.15) is 17.9 Å². The zero-order chi connectivity index (χ0) is 29.7. The van der Waals surface area contributed by atoms with E-state index < -0.39 is 53.3 Å². The number of ether oxygens (including phenoxy) is 4. The van der Waals surface area contributed by atoms with Gasteiger partial charge in [-0.05, 0) is 16.7 Å². The number of carbonyl (C=O) groups excluding carboxylic acids is 2. The van der Waals surface area contributed by atoms with Crippen LogP contribution >= 0.6 is 0 Å². The first-order chi connectivity index (χ1) is 20.3. The van der Waals surface area contributed by atoms with E-state index in [1.165, 1.54) is 13.8 Å². The Bertz CT molecular complexity index is 1540. The van der Waals surface area contributed by atoms with E-state index in [-0.39, 0.29) is 6.61 Å². The van der Waals surface area contributed by atoms with Gasteiger partial charge in [0.15, 0.2) is 18.4 Å². The van der Waals surface area contributed by atoms with E-state index in [4.69, 9.17) is 18.9 Å². The molecule has 216 valence electrons. The minimum atomic E-state index is -1.32. The first-order valence-electron chi connectivity index (χ1n) is 13.3. The van der Waals surface area contributed by atoms with Gasteiger partial charge in [0.25, 0.3) is 5.56 Å². The fraction of sp³-hybridized carbons (Fsp3) is 0.258. The molecule has 11 nitrogen and oxygen atoms in total. The summed E-state index contributed by atoms with van der Waals surface area (Å²) in [7, 11) is 0. The number of benzene rings is 3. The molecule has 2 heterocycles. The van der Waals surface area contributed by atoms with Crippen LogP contribution in [0.3, 0.4) is 0 Å². The predicted molar refractivity (Wildman–Crippen MR) is 149 cm³/mol. The molecule has 4 aromatic rings. The van der Waals surface area contributed by atoms with Crippen LogP contribution in [0.5, 0.6) is 0 Å². The lowest BCUT2D eigenvalue weighted by Gasteiger charge is -2.37. The molecule has 4 atom stereocenters. The summed E-state index contributed by atoms with van der Waals surface area (Å²) < 4.78 is 25.0. The number of nitrogens with one attached hydrogen (secondary N) is 1. The molecule has 3 aromatic carbocycles. The number of nitrogens with zero attached hydrogens (tertiary/aromatic N) is 2. The van der Waals surface area contributed by atoms with Crippen molar-refractivity contribution in [2.75, 3.05) is 6.61 Å². The lowest BCUT2D eigenvalue weighted by molar-refractivity contribution is -0.166. The quantitative estimate of drug-likeness (QED) is 0.237. The zero-order valence-corrected chi connectivity index (χ0v) is 22.9. The van der Waals surface area contributed by atoms with Crippen LogP contribution in [-0.2, 0) is 34.1 Å². The highest BCUT2D eigenvalue weighted by Gasteiger charge is 2.52. The molecule has 0 saturated carbocycles. The second kappa shape index (κ2) is 12.3. The number of carbonyl (C=O) groups is 2. The molecule has 0 radical (unpaired) electrons. The second-order valence-electron chi connectivity index (χ2n) is 9.69. The minimum absolute atomic E-state index is 0.164. The molecule has 1 saturated heterocycles. The highest BCUT2D eigenvalue weighted by Crippen LogP contribution is 2.42. The van der Waals surface area contributed by atoms with Gasteiger partial charge in [0.05, 0.1) is 6.61 Å². The Balaban J connectivity index is 1.60. The van der Waals surface area contributed by atoms with Crippen LogP contribution in [-0.4, -0.2) is 51.6 Å². The fourth-order valence-electron chi connectivity index (χ4n) is 5.21. The molecule has 5 rings (SSSR count). The van der Waals surface area contributed by atoms with E-state index in [2.05, 4.69) is 10.1 Å². The van der Waals surface area contributed by atoms with E-state index >= 15 is 0 Å². The van der Waals surface area contributed by atoms with Crippen molar-refractivity contribution < 1.29 is 28.5 Å². The van der Waals surface area contributed by atoms with Crippen molar-refractivity contribution in [3.8, 4) is 0 Å². The molecule has 1 N–H and O–H groups in total. The van der Waals surface area contributed by atoms with Gasteiger partial charge in [-0.2, -0.15) is 9.78 Å². The van der Waals surface area contributed by atoms with Crippen LogP contribution in [0.25, 0.3) is 0 Å². The topological polar surface area (TPSA) is 139 Å². The summed E-state index contributed by atoms with van der Waals surface area (Å²) in [5.41, 5.74) is -0.244. The zero-order valence-electron chi connectivity index (χ0n) is 22.9. The Morgan fingerprint density at radius 1 is 0.810 bits per heavy atom. The van der Waals surface area contributed by atoms with Gasteiger partial charge in [-0.1, -0.05) is 91.0 Å². The third-order valence-electron chi connectivity index (χ3n) is 6.87. The molecule has 1 fully saturated rings. The third kappa shape index (κ3) is 5.78. The highest BCUT2D eigenvalue weighted by molar-refractivity contribution is 5.67. The van der Waals surface area contributed by atoms with Gasteiger partial charge < -0.3 is 18.9 Å². The normalized spacial score (nSPS) is 20.1. The summed E-state index contributed by atoms with van der Waals surface area (Å²) in [5, 5.41) is 3.88. The fourth-order valence-corrected chi connectivity index (χ4v) is 5.21. The Morgan fingerprint density at radius 3 is 1.74 bits per heavy atom. The molecule has 0 amide bonds. The summed E-state index contributed by atoms with van der Waals surface area (Å²) in [5.74, 6) is -1.36. The molecule has 1 aliphatic heterocycles. The Morgan fingerprint density at radius 2 is 1.29 bits per heavy atom. The van der Waals surface area contributed by atoms with Crippen LogP contribution in [0.15, 0.2) is 107 Å². The Kier molecular flexibility index (Phi) is 8.41. The van der Waals surface area contributed by atoms with Crippen LogP contribution in [0.2, 0.25) is 0 Å². The summed E-state index contributed by atoms with van der Waals surface area (Å²) in [4.78, 5) is 50.7. The summed E-state index contributed by atoms with van der Waals surface area (Å²) in [6.07, 6.45) is -3.88. The molecule has 0 aliphatic carbocycles. The Hall–Kier alpha value is -4.87. The minimum Gasteiger partial charge on any atom is -0.456 e. The predicted octanol–water partition coefficient (Wildman–Crippen LogP) is 2.70. The van der Waals surface area contributed by atoms with Gasteiger partial charge in [-0.25, -0.2) is 4.79 Å². The number of aromatic nitrogens is 3. The van der Waals surface area contributed by atoms with E-state index in [0.29, 0.717) is 0 Å². The van der Waals surface area contributed by atoms with Crippen LogP contribution in [0.1, 0.15) is 36.8 Å². The number of rotatable bonds is 9. The van der Waals surface area contributed by atoms with Crippen LogP contribution in [0.4, 0.5) is 0 Å². The average molecular weight is 572 g/mol. The van der Waals surface area contributed by atoms with Crippen molar-refractivity contribution in [3.05, 3.63) is 135 Å². The lowest BCUT2D eigenvalue weighted by Crippen LogP contribution is -2.44. The number of hydrogen-bond donors (Lipinski definition) is 1. The summed E-state index contributed by atoms with van der Waals surface area (Å²) in [6.45, 7) is 2.23. The van der Waals surface area contributed by atoms with Crippen molar-refractivity contribution in [2.45, 2.75) is 44.0 Å². The molecule has 0 bridgehead atoms. The van der Waals surface area contributed by atoms with Crippen molar-refractivity contribution in [2.24, 2.45) is 0 Å². The smallest absolute Gasteiger partial charge is 0.347 e. The SMILES string of the molecule is CC(=O)OC1C(COC(c2ccccc2)(c2ccccc2)c2ccccc2)OC(n2ncc(=O)[nH]c2=O)C1OC(C)=O. The molecule has 4 unspecified atom stereocenters. The first-order valence-corrected chi connectivity index (χ1v) is 13.3. The van der Waals surface area contributed by atoms with E-state index in [1.54, 1.807) is 0 Å². The molecular weight excluding hydrogens is 542 g/mol. The summed E-state index contributed by atoms with van der Waals surface area (Å²) in [6, 6.07) is 28.9. The molecule has 1 aliphatic rings. The van der Waals surface area contributed by atoms with Crippen molar-refractivity contribution in [3.63, 3.8) is 0 Å². The average Bonchev–Trinajstić information content (AvgIpc) is 3.30. The van der Waals surface area contributed by atoms with E-state index in [1.807, 2.05) is 91.0 Å². The van der Waals surface area contributed by atoms with Crippen molar-refractivity contribution in [1.82, 2.24) is 14.8 Å². The summed E-state index contributed by atoms with van der Waals surface area (Å²) >= 11 is 0. The van der Waals surface area contributed by atoms with Gasteiger partial charge in [0, 0.05) is 13.8 Å². The standard InChI is InChI=1S/C31H29N3O8/c1-20(35)40-27-25(42-29(28(27)41-21(2)36)34-30(38)33-26(37)18-32-34)19-39-31(22-12-6-3-7-13-22,23-14-8-4-9-15-23)24-16-10-5-11-17-24/h3-18,25,27-29H,19H2,1-2H3,(H,33,37,38). The maximum absolute atomic E-state index is 12.7. The van der Waals surface area contributed by atoms with Gasteiger partial charge in [-0.3, -0.25) is 19.4 Å². The van der Waals surface area contributed by atoms with E-state index in [9.17, 15) is 19.2 Å². The second-order valence-corrected chi connectivity index (χ2v) is 9.69. The van der Waals surface area contributed by atoms with Crippen LogP contribution < -0.4 is 11.2 Å². The molecule has 0 spiro atoms.